The molecular weight excluding hydrogens is 611 g/mol. The standard InChI is InChI=1S/C46H31N3O/c1-46(2)38-17-10-16-37(40(38)36-26-25-35-34-15-8-9-18-39(34)50-42(35)41(36)46)45-48-43(30-12-4-3-5-13-30)47-44(49-45)31-22-19-29(20-23-31)33-24-21-28-11-6-7-14-32(28)27-33/h3-27H,1-2H3. The monoisotopic (exact) mass is 641 g/mol. The second kappa shape index (κ2) is 10.8. The van der Waals surface area contributed by atoms with Gasteiger partial charge in [0.05, 0.1) is 0 Å². The van der Waals surface area contributed by atoms with Crippen LogP contribution in [0.15, 0.2) is 156 Å². The highest BCUT2D eigenvalue weighted by molar-refractivity contribution is 6.10. The minimum absolute atomic E-state index is 0.287. The summed E-state index contributed by atoms with van der Waals surface area (Å²) < 4.78 is 6.58. The van der Waals surface area contributed by atoms with Crippen molar-refractivity contribution in [3.63, 3.8) is 0 Å². The van der Waals surface area contributed by atoms with E-state index < -0.39 is 0 Å². The van der Waals surface area contributed by atoms with Gasteiger partial charge in [-0.2, -0.15) is 0 Å². The number of hydrogen-bond acceptors (Lipinski definition) is 4. The van der Waals surface area contributed by atoms with Gasteiger partial charge in [-0.05, 0) is 56.8 Å². The first-order valence-corrected chi connectivity index (χ1v) is 17.0. The molecule has 1 aliphatic rings. The van der Waals surface area contributed by atoms with E-state index in [1.54, 1.807) is 0 Å². The average molecular weight is 642 g/mol. The number of rotatable bonds is 4. The number of benzene rings is 7. The zero-order chi connectivity index (χ0) is 33.4. The molecule has 0 N–H and O–H groups in total. The van der Waals surface area contributed by atoms with E-state index in [1.807, 2.05) is 30.3 Å². The van der Waals surface area contributed by atoms with Gasteiger partial charge in [-0.25, -0.2) is 15.0 Å². The second-order valence-electron chi connectivity index (χ2n) is 13.6. The van der Waals surface area contributed by atoms with Gasteiger partial charge in [-0.15, -0.1) is 0 Å². The summed E-state index contributed by atoms with van der Waals surface area (Å²) in [4.78, 5) is 15.4. The Hall–Kier alpha value is -6.39. The number of nitrogens with zero attached hydrogens (tertiary/aromatic N) is 3. The Labute approximate surface area is 289 Å². The van der Waals surface area contributed by atoms with Crippen LogP contribution in [0.3, 0.4) is 0 Å². The van der Waals surface area contributed by atoms with Crippen LogP contribution in [-0.4, -0.2) is 15.0 Å². The first kappa shape index (κ1) is 28.6. The lowest BCUT2D eigenvalue weighted by Gasteiger charge is -2.21. The number of fused-ring (bicyclic) bond motifs is 8. The largest absolute Gasteiger partial charge is 0.456 e. The molecule has 0 radical (unpaired) electrons. The first-order chi connectivity index (χ1) is 24.5. The topological polar surface area (TPSA) is 51.8 Å². The molecule has 0 unspecified atom stereocenters. The summed E-state index contributed by atoms with van der Waals surface area (Å²) in [7, 11) is 0. The highest BCUT2D eigenvalue weighted by Crippen LogP contribution is 2.55. The lowest BCUT2D eigenvalue weighted by Crippen LogP contribution is -2.15. The van der Waals surface area contributed by atoms with Crippen LogP contribution in [-0.2, 0) is 5.41 Å². The molecule has 0 fully saturated rings. The van der Waals surface area contributed by atoms with Crippen LogP contribution < -0.4 is 0 Å². The molecule has 10 rings (SSSR count). The van der Waals surface area contributed by atoms with Crippen LogP contribution in [0.1, 0.15) is 25.0 Å². The molecule has 0 atom stereocenters. The Kier molecular flexibility index (Phi) is 6.19. The fraction of sp³-hybridized carbons (Fsp3) is 0.0652. The summed E-state index contributed by atoms with van der Waals surface area (Å²) in [6.07, 6.45) is 0. The number of para-hydroxylation sites is 1. The highest BCUT2D eigenvalue weighted by atomic mass is 16.3. The van der Waals surface area contributed by atoms with Crippen molar-refractivity contribution in [3.05, 3.63) is 163 Å². The van der Waals surface area contributed by atoms with Crippen LogP contribution in [0.5, 0.6) is 0 Å². The van der Waals surface area contributed by atoms with Crippen molar-refractivity contribution in [2.45, 2.75) is 19.3 Å². The minimum atomic E-state index is -0.287. The van der Waals surface area contributed by atoms with Gasteiger partial charge in [-0.1, -0.05) is 147 Å². The molecule has 0 saturated carbocycles. The smallest absolute Gasteiger partial charge is 0.164 e. The third-order valence-electron chi connectivity index (χ3n) is 10.3. The summed E-state index contributed by atoms with van der Waals surface area (Å²) >= 11 is 0. The number of aromatic nitrogens is 3. The van der Waals surface area contributed by atoms with Gasteiger partial charge < -0.3 is 4.42 Å². The van der Waals surface area contributed by atoms with Crippen molar-refractivity contribution in [1.82, 2.24) is 15.0 Å². The molecule has 7 aromatic carbocycles. The van der Waals surface area contributed by atoms with Gasteiger partial charge in [0, 0.05) is 38.4 Å². The minimum Gasteiger partial charge on any atom is -0.456 e. The van der Waals surface area contributed by atoms with E-state index in [2.05, 4.69) is 135 Å². The normalized spacial score (nSPS) is 13.2. The molecule has 236 valence electrons. The Morgan fingerprint density at radius 3 is 1.94 bits per heavy atom. The van der Waals surface area contributed by atoms with Gasteiger partial charge in [0.1, 0.15) is 11.2 Å². The van der Waals surface area contributed by atoms with E-state index >= 15 is 0 Å². The first-order valence-electron chi connectivity index (χ1n) is 17.0. The Bertz CT molecular complexity index is 2780. The van der Waals surface area contributed by atoms with Gasteiger partial charge in [0.2, 0.25) is 0 Å². The maximum absolute atomic E-state index is 6.58. The van der Waals surface area contributed by atoms with Crippen LogP contribution >= 0.6 is 0 Å². The third kappa shape index (κ3) is 4.35. The molecule has 2 aromatic heterocycles. The Morgan fingerprint density at radius 1 is 0.460 bits per heavy atom. The summed E-state index contributed by atoms with van der Waals surface area (Å²) in [6, 6.07) is 53.0. The zero-order valence-electron chi connectivity index (χ0n) is 27.7. The number of furan rings is 1. The maximum atomic E-state index is 6.58. The van der Waals surface area contributed by atoms with E-state index in [4.69, 9.17) is 19.4 Å². The second-order valence-corrected chi connectivity index (χ2v) is 13.6. The molecule has 0 spiro atoms. The van der Waals surface area contributed by atoms with Crippen LogP contribution in [0.2, 0.25) is 0 Å². The molecule has 9 aromatic rings. The molecule has 0 saturated heterocycles. The van der Waals surface area contributed by atoms with Crippen molar-refractivity contribution in [1.29, 1.82) is 0 Å². The van der Waals surface area contributed by atoms with E-state index in [9.17, 15) is 0 Å². The molecule has 0 bridgehead atoms. The summed E-state index contributed by atoms with van der Waals surface area (Å²) in [5.41, 5.74) is 11.5. The SMILES string of the molecule is CC1(C)c2cccc(-c3nc(-c4ccccc4)nc(-c4ccc(-c5ccc6ccccc6c5)cc4)n3)c2-c2ccc3c(oc4ccccc43)c21. The molecule has 2 heterocycles. The Balaban J connectivity index is 1.14. The van der Waals surface area contributed by atoms with Gasteiger partial charge in [-0.3, -0.25) is 0 Å². The maximum Gasteiger partial charge on any atom is 0.164 e. The van der Waals surface area contributed by atoms with Crippen molar-refractivity contribution >= 4 is 32.7 Å². The Morgan fingerprint density at radius 2 is 1.12 bits per heavy atom. The quantitative estimate of drug-likeness (QED) is 0.192. The highest BCUT2D eigenvalue weighted by Gasteiger charge is 2.40. The van der Waals surface area contributed by atoms with Crippen molar-refractivity contribution in [2.24, 2.45) is 0 Å². The molecule has 50 heavy (non-hydrogen) atoms. The fourth-order valence-electron chi connectivity index (χ4n) is 7.82. The summed E-state index contributed by atoms with van der Waals surface area (Å²) in [6.45, 7) is 4.58. The summed E-state index contributed by atoms with van der Waals surface area (Å²) in [5, 5.41) is 4.74. The van der Waals surface area contributed by atoms with Gasteiger partial charge in [0.15, 0.2) is 17.5 Å². The molecule has 0 aliphatic heterocycles. The summed E-state index contributed by atoms with van der Waals surface area (Å²) in [5.74, 6) is 1.94. The van der Waals surface area contributed by atoms with Crippen LogP contribution in [0, 0.1) is 0 Å². The van der Waals surface area contributed by atoms with Crippen molar-refractivity contribution in [2.75, 3.05) is 0 Å². The molecule has 0 amide bonds. The molecular formula is C46H31N3O. The van der Waals surface area contributed by atoms with E-state index in [1.165, 1.54) is 27.5 Å². The van der Waals surface area contributed by atoms with E-state index in [-0.39, 0.29) is 5.41 Å². The fourth-order valence-corrected chi connectivity index (χ4v) is 7.82. The predicted molar refractivity (Wildman–Crippen MR) is 204 cm³/mol. The molecule has 1 aliphatic carbocycles. The lowest BCUT2D eigenvalue weighted by atomic mass is 9.81. The zero-order valence-corrected chi connectivity index (χ0v) is 27.7. The predicted octanol–water partition coefficient (Wildman–Crippen LogP) is 11.9. The van der Waals surface area contributed by atoms with Gasteiger partial charge in [0.25, 0.3) is 0 Å². The van der Waals surface area contributed by atoms with E-state index in [0.717, 1.165) is 55.3 Å². The molecule has 4 nitrogen and oxygen atoms in total. The lowest BCUT2D eigenvalue weighted by molar-refractivity contribution is 0.620. The van der Waals surface area contributed by atoms with Crippen LogP contribution in [0.4, 0.5) is 0 Å². The van der Waals surface area contributed by atoms with Gasteiger partial charge >= 0.3 is 0 Å². The third-order valence-corrected chi connectivity index (χ3v) is 10.3. The number of hydrogen-bond donors (Lipinski definition) is 0. The van der Waals surface area contributed by atoms with Crippen molar-refractivity contribution in [3.8, 4) is 56.4 Å². The average Bonchev–Trinajstić information content (AvgIpc) is 3.66. The molecule has 4 heteroatoms. The van der Waals surface area contributed by atoms with Crippen molar-refractivity contribution < 1.29 is 4.42 Å². The van der Waals surface area contributed by atoms with E-state index in [0.29, 0.717) is 17.5 Å². The van der Waals surface area contributed by atoms with Crippen LogP contribution in [0.25, 0.3) is 89.1 Å².